The maximum absolute atomic E-state index is 11.2. The van der Waals surface area contributed by atoms with Gasteiger partial charge in [-0.25, -0.2) is 4.79 Å². The van der Waals surface area contributed by atoms with Crippen LogP contribution in [0.3, 0.4) is 0 Å². The zero-order chi connectivity index (χ0) is 13.5. The summed E-state index contributed by atoms with van der Waals surface area (Å²) in [6.07, 6.45) is 1.83. The first-order chi connectivity index (χ1) is 8.63. The van der Waals surface area contributed by atoms with Gasteiger partial charge in [-0.1, -0.05) is 13.3 Å². The Hall–Kier alpha value is -1.91. The number of benzene rings is 1. The van der Waals surface area contributed by atoms with Crippen molar-refractivity contribution >= 4 is 5.97 Å². The molecule has 0 heterocycles. The van der Waals surface area contributed by atoms with Gasteiger partial charge in [0.15, 0.2) is 11.5 Å². The molecule has 0 unspecified atom stereocenters. The van der Waals surface area contributed by atoms with Crippen molar-refractivity contribution in [1.29, 1.82) is 0 Å². The molecule has 5 nitrogen and oxygen atoms in total. The Morgan fingerprint density at radius 3 is 2.50 bits per heavy atom. The summed E-state index contributed by atoms with van der Waals surface area (Å²) < 4.78 is 15.7. The molecule has 0 fully saturated rings. The molecule has 1 N–H and O–H groups in total. The molecule has 0 amide bonds. The van der Waals surface area contributed by atoms with Gasteiger partial charge in [0.25, 0.3) is 0 Å². The molecule has 0 saturated heterocycles. The maximum Gasteiger partial charge on any atom is 0.339 e. The Morgan fingerprint density at radius 2 is 2.00 bits per heavy atom. The van der Waals surface area contributed by atoms with Crippen LogP contribution in [0.5, 0.6) is 17.2 Å². The topological polar surface area (TPSA) is 65.0 Å². The largest absolute Gasteiger partial charge is 0.497 e. The van der Waals surface area contributed by atoms with Gasteiger partial charge < -0.3 is 19.3 Å². The lowest BCUT2D eigenvalue weighted by atomic mass is 10.1. The standard InChI is InChI=1S/C13H18O5/c1-4-5-6-18-12-10(13(14)15)7-9(16-2)8-11(12)17-3/h7-8H,4-6H2,1-3H3,(H,14,15). The predicted molar refractivity (Wildman–Crippen MR) is 66.9 cm³/mol. The number of carboxylic acids is 1. The summed E-state index contributed by atoms with van der Waals surface area (Å²) in [5.41, 5.74) is 0.0438. The molecule has 0 aliphatic heterocycles. The predicted octanol–water partition coefficient (Wildman–Crippen LogP) is 2.58. The van der Waals surface area contributed by atoms with Gasteiger partial charge in [0, 0.05) is 6.07 Å². The molecule has 0 radical (unpaired) electrons. The molecule has 0 saturated carbocycles. The molecule has 0 aliphatic rings. The van der Waals surface area contributed by atoms with Crippen LogP contribution in [0.1, 0.15) is 30.1 Å². The molecule has 0 bridgehead atoms. The van der Waals surface area contributed by atoms with E-state index in [0.717, 1.165) is 12.8 Å². The van der Waals surface area contributed by atoms with Gasteiger partial charge in [0.1, 0.15) is 11.3 Å². The van der Waals surface area contributed by atoms with Crippen LogP contribution in [0.4, 0.5) is 0 Å². The van der Waals surface area contributed by atoms with Crippen molar-refractivity contribution in [2.24, 2.45) is 0 Å². The molecule has 0 atom stereocenters. The minimum absolute atomic E-state index is 0.0438. The first-order valence-electron chi connectivity index (χ1n) is 5.76. The molecule has 18 heavy (non-hydrogen) atoms. The number of ether oxygens (including phenoxy) is 3. The van der Waals surface area contributed by atoms with Crippen molar-refractivity contribution in [3.8, 4) is 17.2 Å². The number of methoxy groups -OCH3 is 2. The monoisotopic (exact) mass is 254 g/mol. The average Bonchev–Trinajstić information content (AvgIpc) is 2.38. The van der Waals surface area contributed by atoms with Gasteiger partial charge in [-0.2, -0.15) is 0 Å². The number of carbonyl (C=O) groups is 1. The minimum Gasteiger partial charge on any atom is -0.497 e. The van der Waals surface area contributed by atoms with E-state index in [1.165, 1.54) is 20.3 Å². The summed E-state index contributed by atoms with van der Waals surface area (Å²) in [4.78, 5) is 11.2. The SMILES string of the molecule is CCCCOc1c(OC)cc(OC)cc1C(=O)O. The van der Waals surface area contributed by atoms with Crippen LogP contribution in [0, 0.1) is 0 Å². The van der Waals surface area contributed by atoms with Gasteiger partial charge in [0.2, 0.25) is 0 Å². The van der Waals surface area contributed by atoms with E-state index < -0.39 is 5.97 Å². The van der Waals surface area contributed by atoms with Gasteiger partial charge in [-0.05, 0) is 12.5 Å². The average molecular weight is 254 g/mol. The lowest BCUT2D eigenvalue weighted by Gasteiger charge is -2.14. The van der Waals surface area contributed by atoms with E-state index >= 15 is 0 Å². The fourth-order valence-electron chi connectivity index (χ4n) is 1.47. The highest BCUT2D eigenvalue weighted by atomic mass is 16.5. The fraction of sp³-hybridized carbons (Fsp3) is 0.462. The lowest BCUT2D eigenvalue weighted by Crippen LogP contribution is -2.06. The highest BCUT2D eigenvalue weighted by Crippen LogP contribution is 2.35. The van der Waals surface area contributed by atoms with Gasteiger partial charge >= 0.3 is 5.97 Å². The van der Waals surface area contributed by atoms with Crippen LogP contribution in [-0.2, 0) is 0 Å². The minimum atomic E-state index is -1.07. The van der Waals surface area contributed by atoms with Crippen molar-refractivity contribution in [3.05, 3.63) is 17.7 Å². The zero-order valence-corrected chi connectivity index (χ0v) is 10.9. The fourth-order valence-corrected chi connectivity index (χ4v) is 1.47. The van der Waals surface area contributed by atoms with Gasteiger partial charge in [0.05, 0.1) is 20.8 Å². The van der Waals surface area contributed by atoms with Gasteiger partial charge in [-0.3, -0.25) is 0 Å². The second kappa shape index (κ2) is 6.74. The van der Waals surface area contributed by atoms with Crippen LogP contribution in [0.15, 0.2) is 12.1 Å². The van der Waals surface area contributed by atoms with E-state index in [2.05, 4.69) is 0 Å². The van der Waals surface area contributed by atoms with Crippen LogP contribution < -0.4 is 14.2 Å². The maximum atomic E-state index is 11.2. The molecular formula is C13H18O5. The van der Waals surface area contributed by atoms with Crippen LogP contribution in [0.2, 0.25) is 0 Å². The number of rotatable bonds is 7. The van der Waals surface area contributed by atoms with E-state index in [9.17, 15) is 9.90 Å². The van der Waals surface area contributed by atoms with E-state index in [4.69, 9.17) is 14.2 Å². The quantitative estimate of drug-likeness (QED) is 0.757. The lowest BCUT2D eigenvalue weighted by molar-refractivity contribution is 0.0691. The molecular weight excluding hydrogens is 236 g/mol. The molecule has 0 spiro atoms. The second-order valence-electron chi connectivity index (χ2n) is 3.71. The zero-order valence-electron chi connectivity index (χ0n) is 10.9. The van der Waals surface area contributed by atoms with Crippen LogP contribution in [-0.4, -0.2) is 31.9 Å². The summed E-state index contributed by atoms with van der Waals surface area (Å²) in [6.45, 7) is 2.49. The first kappa shape index (κ1) is 14.2. The normalized spacial score (nSPS) is 9.94. The summed E-state index contributed by atoms with van der Waals surface area (Å²) in [5.74, 6) is -0.0344. The Kier molecular flexibility index (Phi) is 5.30. The van der Waals surface area contributed by atoms with Crippen LogP contribution in [0.25, 0.3) is 0 Å². The van der Waals surface area contributed by atoms with Crippen molar-refractivity contribution in [1.82, 2.24) is 0 Å². The smallest absolute Gasteiger partial charge is 0.339 e. The second-order valence-corrected chi connectivity index (χ2v) is 3.71. The van der Waals surface area contributed by atoms with Crippen molar-refractivity contribution in [2.45, 2.75) is 19.8 Å². The van der Waals surface area contributed by atoms with Gasteiger partial charge in [-0.15, -0.1) is 0 Å². The van der Waals surface area contributed by atoms with Crippen molar-refractivity contribution in [2.75, 3.05) is 20.8 Å². The molecule has 5 heteroatoms. The molecule has 0 aliphatic carbocycles. The highest BCUT2D eigenvalue weighted by molar-refractivity contribution is 5.92. The Bertz CT molecular complexity index is 414. The summed E-state index contributed by atoms with van der Waals surface area (Å²) >= 11 is 0. The number of hydrogen-bond acceptors (Lipinski definition) is 4. The third-order valence-corrected chi connectivity index (χ3v) is 2.46. The number of unbranched alkanes of at least 4 members (excludes halogenated alkanes) is 1. The number of hydrogen-bond donors (Lipinski definition) is 1. The van der Waals surface area contributed by atoms with Crippen molar-refractivity contribution in [3.63, 3.8) is 0 Å². The first-order valence-corrected chi connectivity index (χ1v) is 5.76. The summed E-state index contributed by atoms with van der Waals surface area (Å²) in [7, 11) is 2.94. The number of aromatic carboxylic acids is 1. The van der Waals surface area contributed by atoms with E-state index in [-0.39, 0.29) is 11.3 Å². The molecule has 0 aromatic heterocycles. The number of carboxylic acid groups (broad SMARTS) is 1. The third kappa shape index (κ3) is 3.29. The molecule has 1 rings (SSSR count). The van der Waals surface area contributed by atoms with E-state index in [1.54, 1.807) is 6.07 Å². The van der Waals surface area contributed by atoms with E-state index in [0.29, 0.717) is 18.1 Å². The molecule has 1 aromatic carbocycles. The Morgan fingerprint density at radius 1 is 1.28 bits per heavy atom. The highest BCUT2D eigenvalue weighted by Gasteiger charge is 2.18. The third-order valence-electron chi connectivity index (χ3n) is 2.46. The van der Waals surface area contributed by atoms with Crippen molar-refractivity contribution < 1.29 is 24.1 Å². The van der Waals surface area contributed by atoms with Crippen LogP contribution >= 0.6 is 0 Å². The summed E-state index contributed by atoms with van der Waals surface area (Å²) in [5, 5.41) is 9.17. The molecule has 100 valence electrons. The Labute approximate surface area is 106 Å². The van der Waals surface area contributed by atoms with E-state index in [1.807, 2.05) is 6.92 Å². The Balaban J connectivity index is 3.13. The summed E-state index contributed by atoms with van der Waals surface area (Å²) in [6, 6.07) is 3.03. The molecule has 1 aromatic rings.